The lowest BCUT2D eigenvalue weighted by Crippen LogP contribution is -2.34. The lowest BCUT2D eigenvalue weighted by atomic mass is 10.0. The number of hydrogen-bond donors (Lipinski definition) is 0. The van der Waals surface area contributed by atoms with Gasteiger partial charge in [-0.2, -0.15) is 0 Å². The summed E-state index contributed by atoms with van der Waals surface area (Å²) in [5.74, 6) is 0.0766. The second kappa shape index (κ2) is 4.53. The Labute approximate surface area is 110 Å². The fraction of sp³-hybridized carbons (Fsp3) is 0.286. The van der Waals surface area contributed by atoms with Crippen LogP contribution in [0.15, 0.2) is 30.5 Å². The van der Waals surface area contributed by atoms with Gasteiger partial charge in [0.1, 0.15) is 4.88 Å². The summed E-state index contributed by atoms with van der Waals surface area (Å²) in [6, 6.07) is 8.15. The molecule has 0 radical (unpaired) electrons. The number of para-hydroxylation sites is 1. The van der Waals surface area contributed by atoms with Gasteiger partial charge < -0.3 is 4.90 Å². The van der Waals surface area contributed by atoms with Crippen molar-refractivity contribution in [3.05, 3.63) is 45.9 Å². The molecular formula is C14H14N2OS. The maximum atomic E-state index is 12.5. The summed E-state index contributed by atoms with van der Waals surface area (Å²) in [4.78, 5) is 19.2. The fourth-order valence-corrected chi connectivity index (χ4v) is 3.06. The smallest absolute Gasteiger partial charge is 0.269 e. The molecule has 0 N–H and O–H groups in total. The number of nitrogens with zero attached hydrogens (tertiary/aromatic N) is 2. The van der Waals surface area contributed by atoms with Gasteiger partial charge in [0.15, 0.2) is 0 Å². The van der Waals surface area contributed by atoms with Crippen LogP contribution >= 0.6 is 11.3 Å². The fourth-order valence-electron chi connectivity index (χ4n) is 2.34. The first-order valence-corrected chi connectivity index (χ1v) is 6.89. The standard InChI is InChI=1S/C14H14N2OS/c1-10-15-9-13(18-10)14(17)16-8-4-6-11-5-2-3-7-12(11)16/h2-3,5,7,9H,4,6,8H2,1H3. The molecule has 1 aliphatic heterocycles. The summed E-state index contributed by atoms with van der Waals surface area (Å²) in [7, 11) is 0. The normalized spacial score (nSPS) is 14.4. The van der Waals surface area contributed by atoms with E-state index in [1.165, 1.54) is 16.9 Å². The molecule has 0 unspecified atom stereocenters. The summed E-state index contributed by atoms with van der Waals surface area (Å²) in [6.07, 6.45) is 3.77. The van der Waals surface area contributed by atoms with Crippen LogP contribution in [0.2, 0.25) is 0 Å². The van der Waals surface area contributed by atoms with E-state index in [1.54, 1.807) is 6.20 Å². The van der Waals surface area contributed by atoms with E-state index >= 15 is 0 Å². The molecule has 4 heteroatoms. The average Bonchev–Trinajstić information content (AvgIpc) is 2.84. The van der Waals surface area contributed by atoms with Gasteiger partial charge in [-0.3, -0.25) is 4.79 Å². The lowest BCUT2D eigenvalue weighted by Gasteiger charge is -2.28. The third-order valence-electron chi connectivity index (χ3n) is 3.19. The van der Waals surface area contributed by atoms with Crippen molar-refractivity contribution in [3.8, 4) is 0 Å². The number of carbonyl (C=O) groups is 1. The number of amides is 1. The van der Waals surface area contributed by atoms with E-state index < -0.39 is 0 Å². The van der Waals surface area contributed by atoms with Crippen molar-refractivity contribution in [1.82, 2.24) is 4.98 Å². The van der Waals surface area contributed by atoms with Crippen molar-refractivity contribution in [3.63, 3.8) is 0 Å². The third kappa shape index (κ3) is 1.93. The highest BCUT2D eigenvalue weighted by atomic mass is 32.1. The van der Waals surface area contributed by atoms with E-state index in [0.717, 1.165) is 35.0 Å². The molecule has 0 aliphatic carbocycles. The maximum Gasteiger partial charge on any atom is 0.269 e. The Balaban J connectivity index is 1.96. The molecule has 2 heterocycles. The highest BCUT2D eigenvalue weighted by Gasteiger charge is 2.24. The Morgan fingerprint density at radius 1 is 1.39 bits per heavy atom. The van der Waals surface area contributed by atoms with Crippen LogP contribution in [0.5, 0.6) is 0 Å². The summed E-state index contributed by atoms with van der Waals surface area (Å²) in [6.45, 7) is 2.72. The zero-order chi connectivity index (χ0) is 12.5. The molecule has 92 valence electrons. The molecule has 18 heavy (non-hydrogen) atoms. The number of aromatic nitrogens is 1. The Morgan fingerprint density at radius 3 is 3.00 bits per heavy atom. The van der Waals surface area contributed by atoms with Crippen LogP contribution < -0.4 is 4.90 Å². The molecular weight excluding hydrogens is 244 g/mol. The van der Waals surface area contributed by atoms with E-state index in [0.29, 0.717) is 0 Å². The monoisotopic (exact) mass is 258 g/mol. The number of aryl methyl sites for hydroxylation is 2. The third-order valence-corrected chi connectivity index (χ3v) is 4.09. The summed E-state index contributed by atoms with van der Waals surface area (Å²) in [5.41, 5.74) is 2.32. The van der Waals surface area contributed by atoms with Crippen LogP contribution in [0.3, 0.4) is 0 Å². The van der Waals surface area contributed by atoms with Crippen LogP contribution in [0.25, 0.3) is 0 Å². The van der Waals surface area contributed by atoms with Gasteiger partial charge in [0.05, 0.1) is 11.2 Å². The van der Waals surface area contributed by atoms with E-state index in [1.807, 2.05) is 30.0 Å². The van der Waals surface area contributed by atoms with Crippen molar-refractivity contribution in [2.24, 2.45) is 0 Å². The first-order chi connectivity index (χ1) is 8.75. The molecule has 0 spiro atoms. The lowest BCUT2D eigenvalue weighted by molar-refractivity contribution is 0.0989. The van der Waals surface area contributed by atoms with Gasteiger partial charge in [0.25, 0.3) is 5.91 Å². The Bertz CT molecular complexity index is 591. The first-order valence-electron chi connectivity index (χ1n) is 6.08. The van der Waals surface area contributed by atoms with Crippen molar-refractivity contribution in [2.75, 3.05) is 11.4 Å². The van der Waals surface area contributed by atoms with Crippen molar-refractivity contribution < 1.29 is 4.79 Å². The largest absolute Gasteiger partial charge is 0.307 e. The maximum absolute atomic E-state index is 12.5. The molecule has 0 saturated heterocycles. The van der Waals surface area contributed by atoms with Gasteiger partial charge >= 0.3 is 0 Å². The van der Waals surface area contributed by atoms with Crippen LogP contribution in [0.4, 0.5) is 5.69 Å². The van der Waals surface area contributed by atoms with Gasteiger partial charge in [0, 0.05) is 12.2 Å². The number of fused-ring (bicyclic) bond motifs is 1. The molecule has 1 aliphatic rings. The van der Waals surface area contributed by atoms with E-state index in [2.05, 4.69) is 11.1 Å². The van der Waals surface area contributed by atoms with Crippen LogP contribution in [0, 0.1) is 6.92 Å². The first kappa shape index (κ1) is 11.4. The van der Waals surface area contributed by atoms with Crippen LogP contribution in [-0.4, -0.2) is 17.4 Å². The van der Waals surface area contributed by atoms with Crippen LogP contribution in [0.1, 0.15) is 26.7 Å². The molecule has 2 aromatic rings. The molecule has 1 amide bonds. The molecule has 1 aromatic heterocycles. The SMILES string of the molecule is Cc1ncc(C(=O)N2CCCc3ccccc32)s1. The molecule has 0 fully saturated rings. The van der Waals surface area contributed by atoms with Crippen LogP contribution in [-0.2, 0) is 6.42 Å². The summed E-state index contributed by atoms with van der Waals surface area (Å²) >= 11 is 1.46. The predicted octanol–water partition coefficient (Wildman–Crippen LogP) is 3.04. The molecule has 3 nitrogen and oxygen atoms in total. The Morgan fingerprint density at radius 2 is 2.22 bits per heavy atom. The second-order valence-corrected chi connectivity index (χ2v) is 5.67. The zero-order valence-electron chi connectivity index (χ0n) is 10.2. The molecule has 0 bridgehead atoms. The number of thiazole rings is 1. The van der Waals surface area contributed by atoms with Crippen molar-refractivity contribution >= 4 is 22.9 Å². The van der Waals surface area contributed by atoms with Crippen molar-refractivity contribution in [1.29, 1.82) is 0 Å². The van der Waals surface area contributed by atoms with Gasteiger partial charge in [-0.1, -0.05) is 18.2 Å². The van der Waals surface area contributed by atoms with E-state index in [9.17, 15) is 4.79 Å². The van der Waals surface area contributed by atoms with Gasteiger partial charge in [-0.15, -0.1) is 11.3 Å². The summed E-state index contributed by atoms with van der Waals surface area (Å²) < 4.78 is 0. The number of rotatable bonds is 1. The quantitative estimate of drug-likeness (QED) is 0.787. The van der Waals surface area contributed by atoms with Gasteiger partial charge in [-0.25, -0.2) is 4.98 Å². The minimum absolute atomic E-state index is 0.0766. The van der Waals surface area contributed by atoms with E-state index in [-0.39, 0.29) is 5.91 Å². The minimum Gasteiger partial charge on any atom is -0.307 e. The highest BCUT2D eigenvalue weighted by molar-refractivity contribution is 7.13. The average molecular weight is 258 g/mol. The van der Waals surface area contributed by atoms with Gasteiger partial charge in [0.2, 0.25) is 0 Å². The number of benzene rings is 1. The second-order valence-electron chi connectivity index (χ2n) is 4.43. The number of hydrogen-bond acceptors (Lipinski definition) is 3. The summed E-state index contributed by atoms with van der Waals surface area (Å²) in [5, 5.41) is 0.934. The van der Waals surface area contributed by atoms with Crippen molar-refractivity contribution in [2.45, 2.75) is 19.8 Å². The predicted molar refractivity (Wildman–Crippen MR) is 73.3 cm³/mol. The molecule has 0 atom stereocenters. The zero-order valence-corrected chi connectivity index (χ0v) is 11.0. The highest BCUT2D eigenvalue weighted by Crippen LogP contribution is 2.28. The molecule has 0 saturated carbocycles. The van der Waals surface area contributed by atoms with E-state index in [4.69, 9.17) is 0 Å². The van der Waals surface area contributed by atoms with Gasteiger partial charge in [-0.05, 0) is 31.4 Å². The minimum atomic E-state index is 0.0766. The molecule has 1 aromatic carbocycles. The number of carbonyl (C=O) groups excluding carboxylic acids is 1. The Kier molecular flexibility index (Phi) is 2.88. The topological polar surface area (TPSA) is 33.2 Å². The molecule has 3 rings (SSSR count). The number of anilines is 1. The Hall–Kier alpha value is -1.68.